The third-order valence-electron chi connectivity index (χ3n) is 5.93. The van der Waals surface area contributed by atoms with Crippen molar-refractivity contribution in [3.63, 3.8) is 0 Å². The Balaban J connectivity index is 0.00000210. The van der Waals surface area contributed by atoms with Crippen LogP contribution in [0.25, 0.3) is 0 Å². The molecule has 2 aliphatic rings. The highest BCUT2D eigenvalue weighted by atomic mass is 35.5. The molecule has 1 aromatic carbocycles. The summed E-state index contributed by atoms with van der Waals surface area (Å²) in [5.74, 6) is 0.522. The molecule has 0 aliphatic carbocycles. The van der Waals surface area contributed by atoms with Crippen LogP contribution in [0.4, 0.5) is 0 Å². The van der Waals surface area contributed by atoms with Gasteiger partial charge in [-0.1, -0.05) is 35.5 Å². The molecule has 2 aromatic rings. The molecule has 2 atom stereocenters. The molecule has 2 unspecified atom stereocenters. The van der Waals surface area contributed by atoms with Gasteiger partial charge in [-0.25, -0.2) is 4.68 Å². The van der Waals surface area contributed by atoms with E-state index in [9.17, 15) is 4.79 Å². The maximum atomic E-state index is 12.9. The average molecular weight is 390 g/mol. The third kappa shape index (κ3) is 4.33. The average Bonchev–Trinajstić information content (AvgIpc) is 3.31. The van der Waals surface area contributed by atoms with Gasteiger partial charge in [0.15, 0.2) is 5.69 Å². The standard InChI is InChI=1S/C20H27N5O.ClH/c1-15-17(13-16-5-3-2-4-6-16)9-12-24(15)20(26)19-14-25(23-22-19)18-7-10-21-11-8-18;/h2-6,14-15,17-18,21H,7-13H2,1H3;1H. The van der Waals surface area contributed by atoms with Gasteiger partial charge in [0.2, 0.25) is 0 Å². The number of rotatable bonds is 4. The number of piperidine rings is 1. The van der Waals surface area contributed by atoms with Crippen molar-refractivity contribution < 1.29 is 4.79 Å². The molecule has 0 bridgehead atoms. The van der Waals surface area contributed by atoms with Crippen LogP contribution in [0.1, 0.15) is 48.3 Å². The summed E-state index contributed by atoms with van der Waals surface area (Å²) in [6, 6.07) is 11.1. The fourth-order valence-corrected chi connectivity index (χ4v) is 4.25. The number of hydrogen-bond acceptors (Lipinski definition) is 4. The van der Waals surface area contributed by atoms with Crippen molar-refractivity contribution in [2.75, 3.05) is 19.6 Å². The molecule has 146 valence electrons. The second-order valence-corrected chi connectivity index (χ2v) is 7.54. The lowest BCUT2D eigenvalue weighted by molar-refractivity contribution is 0.0726. The van der Waals surface area contributed by atoms with Gasteiger partial charge >= 0.3 is 0 Å². The molecule has 0 radical (unpaired) electrons. The minimum atomic E-state index is 0. The van der Waals surface area contributed by atoms with Crippen molar-refractivity contribution >= 4 is 18.3 Å². The lowest BCUT2D eigenvalue weighted by Crippen LogP contribution is -2.36. The second kappa shape index (κ2) is 8.85. The van der Waals surface area contributed by atoms with E-state index in [0.717, 1.165) is 45.3 Å². The number of carbonyl (C=O) groups excluding carboxylic acids is 1. The fourth-order valence-electron chi connectivity index (χ4n) is 4.25. The largest absolute Gasteiger partial charge is 0.334 e. The van der Waals surface area contributed by atoms with Crippen molar-refractivity contribution in [2.45, 2.75) is 44.7 Å². The van der Waals surface area contributed by atoms with Gasteiger partial charge in [0.1, 0.15) is 0 Å². The van der Waals surface area contributed by atoms with Crippen LogP contribution < -0.4 is 5.32 Å². The van der Waals surface area contributed by atoms with E-state index in [4.69, 9.17) is 0 Å². The van der Waals surface area contributed by atoms with E-state index in [0.29, 0.717) is 17.7 Å². The first-order chi connectivity index (χ1) is 12.7. The molecule has 27 heavy (non-hydrogen) atoms. The molecule has 6 nitrogen and oxygen atoms in total. The van der Waals surface area contributed by atoms with Crippen molar-refractivity contribution in [2.24, 2.45) is 5.92 Å². The van der Waals surface area contributed by atoms with E-state index in [1.807, 2.05) is 21.8 Å². The maximum absolute atomic E-state index is 12.9. The quantitative estimate of drug-likeness (QED) is 0.873. The summed E-state index contributed by atoms with van der Waals surface area (Å²) in [6.07, 6.45) is 5.99. The van der Waals surface area contributed by atoms with Gasteiger partial charge in [0.05, 0.1) is 12.2 Å². The summed E-state index contributed by atoms with van der Waals surface area (Å²) in [5.41, 5.74) is 1.83. The van der Waals surface area contributed by atoms with E-state index in [1.165, 1.54) is 5.56 Å². The lowest BCUT2D eigenvalue weighted by atomic mass is 9.93. The minimum Gasteiger partial charge on any atom is -0.334 e. The number of nitrogens with one attached hydrogen (secondary N) is 1. The maximum Gasteiger partial charge on any atom is 0.276 e. The van der Waals surface area contributed by atoms with E-state index in [-0.39, 0.29) is 24.4 Å². The molecular formula is C20H28ClN5O. The van der Waals surface area contributed by atoms with Crippen LogP contribution in [-0.4, -0.2) is 51.5 Å². The van der Waals surface area contributed by atoms with Gasteiger partial charge in [-0.2, -0.15) is 0 Å². The fraction of sp³-hybridized carbons (Fsp3) is 0.550. The predicted octanol–water partition coefficient (Wildman–Crippen LogP) is 2.72. The van der Waals surface area contributed by atoms with Gasteiger partial charge in [0.25, 0.3) is 5.91 Å². The number of halogens is 1. The van der Waals surface area contributed by atoms with Crippen LogP contribution in [0.3, 0.4) is 0 Å². The highest BCUT2D eigenvalue weighted by molar-refractivity contribution is 5.92. The van der Waals surface area contributed by atoms with Crippen LogP contribution in [0.15, 0.2) is 36.5 Å². The topological polar surface area (TPSA) is 63.1 Å². The van der Waals surface area contributed by atoms with Crippen LogP contribution in [0, 0.1) is 5.92 Å². The van der Waals surface area contributed by atoms with Gasteiger partial charge in [-0.05, 0) is 57.2 Å². The van der Waals surface area contributed by atoms with Crippen LogP contribution in [0.2, 0.25) is 0 Å². The minimum absolute atomic E-state index is 0. The molecule has 4 rings (SSSR count). The van der Waals surface area contributed by atoms with E-state index in [2.05, 4.69) is 46.8 Å². The second-order valence-electron chi connectivity index (χ2n) is 7.54. The molecule has 3 heterocycles. The van der Waals surface area contributed by atoms with Crippen LogP contribution >= 0.6 is 12.4 Å². The number of benzene rings is 1. The summed E-state index contributed by atoms with van der Waals surface area (Å²) in [5, 5.41) is 11.8. The monoisotopic (exact) mass is 389 g/mol. The zero-order valence-electron chi connectivity index (χ0n) is 15.8. The number of aromatic nitrogens is 3. The first kappa shape index (κ1) is 19.8. The predicted molar refractivity (Wildman–Crippen MR) is 107 cm³/mol. The number of hydrogen-bond donors (Lipinski definition) is 1. The highest BCUT2D eigenvalue weighted by Gasteiger charge is 2.35. The van der Waals surface area contributed by atoms with Gasteiger partial charge in [-0.3, -0.25) is 4.79 Å². The molecule has 2 saturated heterocycles. The Bertz CT molecular complexity index is 744. The Morgan fingerprint density at radius 3 is 2.67 bits per heavy atom. The summed E-state index contributed by atoms with van der Waals surface area (Å²) < 4.78 is 1.89. The molecule has 1 amide bonds. The van der Waals surface area contributed by atoms with Crippen LogP contribution in [0.5, 0.6) is 0 Å². The molecular weight excluding hydrogens is 362 g/mol. The zero-order chi connectivity index (χ0) is 17.9. The SMILES string of the molecule is CC1C(Cc2ccccc2)CCN1C(=O)c1cn(C2CCNCC2)nn1.Cl. The Kier molecular flexibility index (Phi) is 6.50. The first-order valence-corrected chi connectivity index (χ1v) is 9.70. The Hall–Kier alpha value is -1.92. The van der Waals surface area contributed by atoms with Crippen molar-refractivity contribution in [1.29, 1.82) is 0 Å². The Morgan fingerprint density at radius 2 is 1.93 bits per heavy atom. The number of likely N-dealkylation sites (tertiary alicyclic amines) is 1. The third-order valence-corrected chi connectivity index (χ3v) is 5.93. The molecule has 0 spiro atoms. The summed E-state index contributed by atoms with van der Waals surface area (Å²) >= 11 is 0. The van der Waals surface area contributed by atoms with Gasteiger partial charge < -0.3 is 10.2 Å². The van der Waals surface area contributed by atoms with Crippen molar-refractivity contribution in [3.05, 3.63) is 47.8 Å². The van der Waals surface area contributed by atoms with Gasteiger partial charge in [-0.15, -0.1) is 17.5 Å². The lowest BCUT2D eigenvalue weighted by Gasteiger charge is -2.24. The number of amides is 1. The zero-order valence-corrected chi connectivity index (χ0v) is 16.6. The van der Waals surface area contributed by atoms with E-state index < -0.39 is 0 Å². The van der Waals surface area contributed by atoms with Crippen LogP contribution in [-0.2, 0) is 6.42 Å². The van der Waals surface area contributed by atoms with E-state index >= 15 is 0 Å². The summed E-state index contributed by atoms with van der Waals surface area (Å²) in [4.78, 5) is 14.9. The number of carbonyl (C=O) groups is 1. The van der Waals surface area contributed by atoms with Crippen molar-refractivity contribution in [1.82, 2.24) is 25.2 Å². The summed E-state index contributed by atoms with van der Waals surface area (Å²) in [6.45, 7) is 4.96. The highest BCUT2D eigenvalue weighted by Crippen LogP contribution is 2.28. The smallest absolute Gasteiger partial charge is 0.276 e. The normalized spacial score (nSPS) is 23.2. The molecule has 2 fully saturated rings. The van der Waals surface area contributed by atoms with Gasteiger partial charge in [0, 0.05) is 12.6 Å². The molecule has 2 aliphatic heterocycles. The molecule has 1 N–H and O–H groups in total. The summed E-state index contributed by atoms with van der Waals surface area (Å²) in [7, 11) is 0. The molecule has 0 saturated carbocycles. The van der Waals surface area contributed by atoms with Crippen molar-refractivity contribution in [3.8, 4) is 0 Å². The molecule has 1 aromatic heterocycles. The number of nitrogens with zero attached hydrogens (tertiary/aromatic N) is 4. The Labute approximate surface area is 166 Å². The Morgan fingerprint density at radius 1 is 1.19 bits per heavy atom. The molecule has 7 heteroatoms. The first-order valence-electron chi connectivity index (χ1n) is 9.70. The van der Waals surface area contributed by atoms with E-state index in [1.54, 1.807) is 0 Å².